The zero-order valence-electron chi connectivity index (χ0n) is 13.4. The largest absolute Gasteiger partial charge is 0.465 e. The zero-order valence-corrected chi connectivity index (χ0v) is 13.4. The Morgan fingerprint density at radius 2 is 1.96 bits per heavy atom. The normalized spacial score (nSPS) is 10.1. The van der Waals surface area contributed by atoms with Crippen molar-refractivity contribution in [1.82, 2.24) is 4.98 Å². The van der Waals surface area contributed by atoms with E-state index in [0.29, 0.717) is 17.1 Å². The van der Waals surface area contributed by atoms with E-state index >= 15 is 0 Å². The average molecular weight is 337 g/mol. The van der Waals surface area contributed by atoms with Crippen molar-refractivity contribution in [3.63, 3.8) is 0 Å². The van der Waals surface area contributed by atoms with Crippen LogP contribution in [0.15, 0.2) is 65.4 Å². The van der Waals surface area contributed by atoms with Crippen molar-refractivity contribution in [2.45, 2.75) is 0 Å². The topological polar surface area (TPSA) is 93.5 Å². The van der Waals surface area contributed by atoms with E-state index in [9.17, 15) is 9.59 Å². The van der Waals surface area contributed by atoms with Crippen LogP contribution in [0.3, 0.4) is 0 Å². The van der Waals surface area contributed by atoms with Crippen LogP contribution in [0.5, 0.6) is 0 Å². The molecule has 2 aromatic heterocycles. The first-order chi connectivity index (χ1) is 12.2. The standard InChI is InChI=1S/C18H15N3O4/c1-24-18(23)12-4-2-5-13(10-12)20-14-7-8-16(19-11-14)21-17(22)15-6-3-9-25-15/h2-11,20H,1H3,(H,19,21,22). The lowest BCUT2D eigenvalue weighted by atomic mass is 10.2. The number of amides is 1. The summed E-state index contributed by atoms with van der Waals surface area (Å²) < 4.78 is 9.72. The number of hydrogen-bond donors (Lipinski definition) is 2. The summed E-state index contributed by atoms with van der Waals surface area (Å²) in [6.45, 7) is 0. The number of anilines is 3. The van der Waals surface area contributed by atoms with E-state index in [1.807, 2.05) is 6.07 Å². The highest BCUT2D eigenvalue weighted by Gasteiger charge is 2.09. The van der Waals surface area contributed by atoms with E-state index < -0.39 is 5.97 Å². The maximum atomic E-state index is 11.9. The van der Waals surface area contributed by atoms with Crippen molar-refractivity contribution in [2.75, 3.05) is 17.7 Å². The third kappa shape index (κ3) is 4.03. The number of aromatic nitrogens is 1. The monoisotopic (exact) mass is 337 g/mol. The van der Waals surface area contributed by atoms with E-state index in [0.717, 1.165) is 5.69 Å². The molecule has 2 heterocycles. The maximum absolute atomic E-state index is 11.9. The van der Waals surface area contributed by atoms with Crippen molar-refractivity contribution in [1.29, 1.82) is 0 Å². The first kappa shape index (κ1) is 16.3. The van der Waals surface area contributed by atoms with Gasteiger partial charge in [0.1, 0.15) is 5.82 Å². The molecule has 3 aromatic rings. The molecule has 0 bridgehead atoms. The van der Waals surface area contributed by atoms with Gasteiger partial charge in [0.15, 0.2) is 5.76 Å². The van der Waals surface area contributed by atoms with E-state index in [2.05, 4.69) is 15.6 Å². The third-order valence-electron chi connectivity index (χ3n) is 3.32. The Morgan fingerprint density at radius 1 is 1.08 bits per heavy atom. The summed E-state index contributed by atoms with van der Waals surface area (Å²) in [6.07, 6.45) is 3.00. The second-order valence-corrected chi connectivity index (χ2v) is 5.06. The molecule has 1 amide bonds. The van der Waals surface area contributed by atoms with E-state index in [1.54, 1.807) is 48.7 Å². The quantitative estimate of drug-likeness (QED) is 0.693. The van der Waals surface area contributed by atoms with E-state index in [1.165, 1.54) is 13.4 Å². The van der Waals surface area contributed by atoms with Crippen molar-refractivity contribution >= 4 is 29.1 Å². The van der Waals surface area contributed by atoms with Crippen molar-refractivity contribution < 1.29 is 18.7 Å². The summed E-state index contributed by atoms with van der Waals surface area (Å²) in [4.78, 5) is 27.6. The molecule has 0 aliphatic carbocycles. The number of pyridine rings is 1. The lowest BCUT2D eigenvalue weighted by molar-refractivity contribution is 0.0600. The van der Waals surface area contributed by atoms with Gasteiger partial charge >= 0.3 is 5.97 Å². The zero-order chi connectivity index (χ0) is 17.6. The number of furan rings is 1. The van der Waals surface area contributed by atoms with Gasteiger partial charge in [-0.15, -0.1) is 0 Å². The highest BCUT2D eigenvalue weighted by molar-refractivity contribution is 6.01. The molecule has 7 nitrogen and oxygen atoms in total. The summed E-state index contributed by atoms with van der Waals surface area (Å²) in [5.41, 5.74) is 1.87. The fourth-order valence-corrected chi connectivity index (χ4v) is 2.14. The molecule has 1 aromatic carbocycles. The van der Waals surface area contributed by atoms with Crippen molar-refractivity contribution in [3.8, 4) is 0 Å². The van der Waals surface area contributed by atoms with Crippen LogP contribution in [-0.2, 0) is 4.74 Å². The molecule has 126 valence electrons. The van der Waals surface area contributed by atoms with Crippen LogP contribution in [0.25, 0.3) is 0 Å². The Balaban J connectivity index is 1.67. The molecular weight excluding hydrogens is 322 g/mol. The molecule has 0 aliphatic rings. The molecule has 3 rings (SSSR count). The van der Waals surface area contributed by atoms with Gasteiger partial charge in [-0.1, -0.05) is 6.07 Å². The fraction of sp³-hybridized carbons (Fsp3) is 0.0556. The molecule has 0 fully saturated rings. The number of hydrogen-bond acceptors (Lipinski definition) is 6. The highest BCUT2D eigenvalue weighted by atomic mass is 16.5. The molecule has 0 unspecified atom stereocenters. The van der Waals surface area contributed by atoms with Crippen molar-refractivity contribution in [3.05, 3.63) is 72.3 Å². The number of nitrogens with one attached hydrogen (secondary N) is 2. The molecule has 0 spiro atoms. The van der Waals surface area contributed by atoms with Crippen molar-refractivity contribution in [2.24, 2.45) is 0 Å². The fourth-order valence-electron chi connectivity index (χ4n) is 2.14. The number of esters is 1. The van der Waals surface area contributed by atoms with Gasteiger partial charge in [-0.05, 0) is 42.5 Å². The molecule has 7 heteroatoms. The van der Waals surface area contributed by atoms with Gasteiger partial charge in [-0.2, -0.15) is 0 Å². The molecule has 0 radical (unpaired) electrons. The molecule has 0 aliphatic heterocycles. The van der Waals surface area contributed by atoms with Crippen LogP contribution in [0.1, 0.15) is 20.9 Å². The average Bonchev–Trinajstić information content (AvgIpc) is 3.18. The SMILES string of the molecule is COC(=O)c1cccc(Nc2ccc(NC(=O)c3ccco3)nc2)c1. The second-order valence-electron chi connectivity index (χ2n) is 5.06. The highest BCUT2D eigenvalue weighted by Crippen LogP contribution is 2.19. The van der Waals surface area contributed by atoms with Crippen LogP contribution in [0, 0.1) is 0 Å². The number of benzene rings is 1. The Kier molecular flexibility index (Phi) is 4.75. The number of rotatable bonds is 5. The predicted octanol–water partition coefficient (Wildman–Crippen LogP) is 3.46. The number of carbonyl (C=O) groups excluding carboxylic acids is 2. The summed E-state index contributed by atoms with van der Waals surface area (Å²) in [7, 11) is 1.34. The Hall–Kier alpha value is -3.61. The smallest absolute Gasteiger partial charge is 0.337 e. The van der Waals surface area contributed by atoms with Crippen LogP contribution in [0.2, 0.25) is 0 Å². The summed E-state index contributed by atoms with van der Waals surface area (Å²) in [5.74, 6) is -0.166. The molecule has 0 saturated heterocycles. The number of ether oxygens (including phenoxy) is 1. The van der Waals surface area contributed by atoms with Gasteiger partial charge in [0.2, 0.25) is 0 Å². The maximum Gasteiger partial charge on any atom is 0.337 e. The van der Waals surface area contributed by atoms with E-state index in [-0.39, 0.29) is 11.7 Å². The first-order valence-electron chi connectivity index (χ1n) is 7.42. The van der Waals surface area contributed by atoms with Gasteiger partial charge in [0.25, 0.3) is 5.91 Å². The van der Waals surface area contributed by atoms with Gasteiger partial charge in [-0.3, -0.25) is 4.79 Å². The Labute approximate surface area is 143 Å². The predicted molar refractivity (Wildman–Crippen MR) is 92.0 cm³/mol. The van der Waals surface area contributed by atoms with Crippen LogP contribution >= 0.6 is 0 Å². The van der Waals surface area contributed by atoms with E-state index in [4.69, 9.17) is 9.15 Å². The molecular formula is C18H15N3O4. The lowest BCUT2D eigenvalue weighted by Crippen LogP contribution is -2.11. The summed E-state index contributed by atoms with van der Waals surface area (Å²) in [5, 5.41) is 5.76. The minimum atomic E-state index is -0.405. The number of methoxy groups -OCH3 is 1. The summed E-state index contributed by atoms with van der Waals surface area (Å²) in [6, 6.07) is 13.5. The lowest BCUT2D eigenvalue weighted by Gasteiger charge is -2.08. The van der Waals surface area contributed by atoms with Crippen LogP contribution < -0.4 is 10.6 Å². The third-order valence-corrected chi connectivity index (χ3v) is 3.32. The Morgan fingerprint density at radius 3 is 2.64 bits per heavy atom. The first-order valence-corrected chi connectivity index (χ1v) is 7.42. The molecule has 2 N–H and O–H groups in total. The van der Waals surface area contributed by atoms with Gasteiger partial charge in [0.05, 0.1) is 30.8 Å². The second kappa shape index (κ2) is 7.31. The van der Waals surface area contributed by atoms with Gasteiger partial charge < -0.3 is 19.8 Å². The Bertz CT molecular complexity index is 874. The molecule has 0 saturated carbocycles. The number of carbonyl (C=O) groups is 2. The minimum Gasteiger partial charge on any atom is -0.465 e. The van der Waals surface area contributed by atoms with Crippen LogP contribution in [0.4, 0.5) is 17.2 Å². The summed E-state index contributed by atoms with van der Waals surface area (Å²) >= 11 is 0. The number of nitrogens with zero attached hydrogens (tertiary/aromatic N) is 1. The van der Waals surface area contributed by atoms with Crippen LogP contribution in [-0.4, -0.2) is 24.0 Å². The van der Waals surface area contributed by atoms with Gasteiger partial charge in [-0.25, -0.2) is 9.78 Å². The molecule has 0 atom stereocenters. The molecule has 25 heavy (non-hydrogen) atoms. The minimum absolute atomic E-state index is 0.212. The van der Waals surface area contributed by atoms with Gasteiger partial charge in [0, 0.05) is 5.69 Å².